The van der Waals surface area contributed by atoms with E-state index in [2.05, 4.69) is 16.7 Å². The summed E-state index contributed by atoms with van der Waals surface area (Å²) in [5.74, 6) is 0.115. The van der Waals surface area contributed by atoms with Gasteiger partial charge in [0.15, 0.2) is 11.6 Å². The highest BCUT2D eigenvalue weighted by Gasteiger charge is 2.38. The van der Waals surface area contributed by atoms with Crippen molar-refractivity contribution in [2.75, 3.05) is 26.2 Å². The fourth-order valence-electron chi connectivity index (χ4n) is 4.92. The number of hydrogen-bond acceptors (Lipinski definition) is 2. The van der Waals surface area contributed by atoms with Crippen molar-refractivity contribution in [3.8, 4) is 0 Å². The molecule has 2 aliphatic heterocycles. The number of hydrogen-bond donors (Lipinski definition) is 0. The predicted molar refractivity (Wildman–Crippen MR) is 106 cm³/mol. The second-order valence-corrected chi connectivity index (χ2v) is 9.53. The lowest BCUT2D eigenvalue weighted by Crippen LogP contribution is -2.37. The van der Waals surface area contributed by atoms with E-state index in [9.17, 15) is 13.6 Å². The van der Waals surface area contributed by atoms with Crippen LogP contribution >= 0.6 is 0 Å². The molecule has 28 heavy (non-hydrogen) atoms. The number of carbonyl (C=O) groups is 1. The van der Waals surface area contributed by atoms with E-state index < -0.39 is 11.6 Å². The van der Waals surface area contributed by atoms with E-state index >= 15 is 0 Å². The molecule has 1 saturated carbocycles. The van der Waals surface area contributed by atoms with E-state index in [0.717, 1.165) is 51.9 Å². The first-order valence-corrected chi connectivity index (χ1v) is 10.9. The number of benzene rings is 1. The van der Waals surface area contributed by atoms with Crippen LogP contribution in [-0.2, 0) is 11.3 Å². The summed E-state index contributed by atoms with van der Waals surface area (Å²) >= 11 is 0. The van der Waals surface area contributed by atoms with Crippen LogP contribution in [0.2, 0.25) is 0 Å². The number of likely N-dealkylation sites (tertiary alicyclic amines) is 2. The molecular formula is C23H32F2N2O. The van der Waals surface area contributed by atoms with E-state index in [1.807, 2.05) is 0 Å². The molecule has 1 aliphatic carbocycles. The summed E-state index contributed by atoms with van der Waals surface area (Å²) in [7, 11) is 0. The molecule has 1 aromatic rings. The molecule has 2 saturated heterocycles. The first kappa shape index (κ1) is 19.8. The lowest BCUT2D eigenvalue weighted by atomic mass is 9.83. The van der Waals surface area contributed by atoms with Gasteiger partial charge in [-0.15, -0.1) is 0 Å². The van der Waals surface area contributed by atoms with E-state index in [1.165, 1.54) is 18.9 Å². The van der Waals surface area contributed by atoms with Gasteiger partial charge in [0.25, 0.3) is 0 Å². The molecule has 3 nitrogen and oxygen atoms in total. The molecule has 0 bridgehead atoms. The Labute approximate surface area is 167 Å². The van der Waals surface area contributed by atoms with E-state index in [0.29, 0.717) is 41.7 Å². The SMILES string of the molecule is CC1(CCC(=O)N2CC[C@@H](C3CCN(Cc4cccc(F)c4F)CC3)C2)CC1. The lowest BCUT2D eigenvalue weighted by molar-refractivity contribution is -0.130. The minimum absolute atomic E-state index is 0.342. The third-order valence-corrected chi connectivity index (χ3v) is 7.35. The largest absolute Gasteiger partial charge is 0.342 e. The number of rotatable bonds is 6. The fraction of sp³-hybridized carbons (Fsp3) is 0.696. The smallest absolute Gasteiger partial charge is 0.222 e. The first-order chi connectivity index (χ1) is 13.4. The molecule has 3 fully saturated rings. The summed E-state index contributed by atoms with van der Waals surface area (Å²) in [5, 5.41) is 0. The number of halogens is 2. The Hall–Kier alpha value is -1.49. The predicted octanol–water partition coefficient (Wildman–Crippen LogP) is 4.61. The Morgan fingerprint density at radius 2 is 1.82 bits per heavy atom. The van der Waals surface area contributed by atoms with Crippen molar-refractivity contribution < 1.29 is 13.6 Å². The van der Waals surface area contributed by atoms with Crippen LogP contribution in [0.4, 0.5) is 8.78 Å². The number of nitrogens with zero attached hydrogens (tertiary/aromatic N) is 2. The first-order valence-electron chi connectivity index (χ1n) is 10.9. The monoisotopic (exact) mass is 390 g/mol. The van der Waals surface area contributed by atoms with Gasteiger partial charge < -0.3 is 4.90 Å². The van der Waals surface area contributed by atoms with Gasteiger partial charge in [0.2, 0.25) is 5.91 Å². The molecule has 1 atom stereocenters. The molecule has 3 aliphatic rings. The standard InChI is InChI=1S/C23H32F2N2O/c1-23(10-11-23)9-5-21(28)27-14-8-18(16-27)17-6-12-26(13-7-17)15-19-3-2-4-20(24)22(19)25/h2-4,17-18H,5-16H2,1H3/t18-/m1/s1. The van der Waals surface area contributed by atoms with Crippen molar-refractivity contribution in [1.29, 1.82) is 0 Å². The second-order valence-electron chi connectivity index (χ2n) is 9.53. The Morgan fingerprint density at radius 3 is 2.54 bits per heavy atom. The highest BCUT2D eigenvalue weighted by Crippen LogP contribution is 2.49. The number of carbonyl (C=O) groups excluding carboxylic acids is 1. The summed E-state index contributed by atoms with van der Waals surface area (Å²) in [5.41, 5.74) is 0.892. The lowest BCUT2D eigenvalue weighted by Gasteiger charge is -2.35. The van der Waals surface area contributed by atoms with Crippen LogP contribution in [0.3, 0.4) is 0 Å². The van der Waals surface area contributed by atoms with Gasteiger partial charge in [-0.05, 0) is 74.9 Å². The quantitative estimate of drug-likeness (QED) is 0.708. The van der Waals surface area contributed by atoms with E-state index in [4.69, 9.17) is 0 Å². The number of piperidine rings is 1. The second kappa shape index (κ2) is 8.10. The van der Waals surface area contributed by atoms with Crippen LogP contribution in [0.15, 0.2) is 18.2 Å². The maximum atomic E-state index is 13.9. The Kier molecular flexibility index (Phi) is 5.73. The molecule has 154 valence electrons. The molecule has 5 heteroatoms. The zero-order valence-electron chi connectivity index (χ0n) is 16.9. The molecule has 0 N–H and O–H groups in total. The Balaban J connectivity index is 1.22. The normalized spacial score (nSPS) is 25.2. The third-order valence-electron chi connectivity index (χ3n) is 7.35. The van der Waals surface area contributed by atoms with Crippen LogP contribution in [0, 0.1) is 28.9 Å². The summed E-state index contributed by atoms with van der Waals surface area (Å²) in [6.45, 7) is 6.43. The van der Waals surface area contributed by atoms with Gasteiger partial charge in [-0.3, -0.25) is 9.69 Å². The molecule has 2 heterocycles. The average Bonchev–Trinajstić information content (AvgIpc) is 3.23. The minimum atomic E-state index is -0.765. The summed E-state index contributed by atoms with van der Waals surface area (Å²) in [4.78, 5) is 16.8. The zero-order chi connectivity index (χ0) is 19.7. The van der Waals surface area contributed by atoms with Crippen molar-refractivity contribution in [2.45, 2.75) is 58.4 Å². The van der Waals surface area contributed by atoms with Gasteiger partial charge in [-0.25, -0.2) is 8.78 Å². The average molecular weight is 391 g/mol. The Bertz CT molecular complexity index is 711. The van der Waals surface area contributed by atoms with Crippen LogP contribution in [0.1, 0.15) is 57.4 Å². The van der Waals surface area contributed by atoms with Crippen LogP contribution < -0.4 is 0 Å². The van der Waals surface area contributed by atoms with Gasteiger partial charge in [0, 0.05) is 31.6 Å². The van der Waals surface area contributed by atoms with Crippen LogP contribution in [-0.4, -0.2) is 41.9 Å². The maximum absolute atomic E-state index is 13.9. The van der Waals surface area contributed by atoms with E-state index in [1.54, 1.807) is 12.1 Å². The van der Waals surface area contributed by atoms with Crippen LogP contribution in [0.25, 0.3) is 0 Å². The zero-order valence-corrected chi connectivity index (χ0v) is 16.9. The molecule has 0 radical (unpaired) electrons. The molecule has 4 rings (SSSR count). The van der Waals surface area contributed by atoms with E-state index in [-0.39, 0.29) is 0 Å². The van der Waals surface area contributed by atoms with Crippen molar-refractivity contribution in [3.63, 3.8) is 0 Å². The van der Waals surface area contributed by atoms with Crippen molar-refractivity contribution in [2.24, 2.45) is 17.3 Å². The number of amides is 1. The molecule has 1 aromatic carbocycles. The summed E-state index contributed by atoms with van der Waals surface area (Å²) in [6, 6.07) is 4.42. The van der Waals surface area contributed by atoms with Gasteiger partial charge >= 0.3 is 0 Å². The minimum Gasteiger partial charge on any atom is -0.342 e. The summed E-state index contributed by atoms with van der Waals surface area (Å²) in [6.07, 6.45) is 7.60. The highest BCUT2D eigenvalue weighted by molar-refractivity contribution is 5.76. The van der Waals surface area contributed by atoms with Crippen LogP contribution in [0.5, 0.6) is 0 Å². The van der Waals surface area contributed by atoms with Crippen molar-refractivity contribution in [1.82, 2.24) is 9.80 Å². The maximum Gasteiger partial charge on any atom is 0.222 e. The van der Waals surface area contributed by atoms with Gasteiger partial charge in [-0.2, -0.15) is 0 Å². The van der Waals surface area contributed by atoms with Gasteiger partial charge in [0.1, 0.15) is 0 Å². The van der Waals surface area contributed by atoms with Crippen molar-refractivity contribution >= 4 is 5.91 Å². The molecule has 0 spiro atoms. The molecule has 0 unspecified atom stereocenters. The Morgan fingerprint density at radius 1 is 1.11 bits per heavy atom. The molecular weight excluding hydrogens is 358 g/mol. The highest BCUT2D eigenvalue weighted by atomic mass is 19.2. The van der Waals surface area contributed by atoms with Gasteiger partial charge in [-0.1, -0.05) is 19.1 Å². The third kappa shape index (κ3) is 4.56. The van der Waals surface area contributed by atoms with Gasteiger partial charge in [0.05, 0.1) is 0 Å². The molecule has 0 aromatic heterocycles. The fourth-order valence-corrected chi connectivity index (χ4v) is 4.92. The molecule has 1 amide bonds. The summed E-state index contributed by atoms with van der Waals surface area (Å²) < 4.78 is 27.3. The van der Waals surface area contributed by atoms with Crippen molar-refractivity contribution in [3.05, 3.63) is 35.4 Å². The topological polar surface area (TPSA) is 23.6 Å².